The van der Waals surface area contributed by atoms with Crippen molar-refractivity contribution in [3.63, 3.8) is 0 Å². The number of hydrogen-bond acceptors (Lipinski definition) is 3. The Hall–Kier alpha value is -1.92. The van der Waals surface area contributed by atoms with Crippen LogP contribution in [0.4, 0.5) is 4.39 Å². The van der Waals surface area contributed by atoms with Crippen LogP contribution in [0.15, 0.2) is 47.4 Å². The predicted octanol–water partition coefficient (Wildman–Crippen LogP) is 3.15. The van der Waals surface area contributed by atoms with Crippen LogP contribution in [0.5, 0.6) is 0 Å². The molecule has 0 unspecified atom stereocenters. The monoisotopic (exact) mass is 328 g/mol. The van der Waals surface area contributed by atoms with Crippen LogP contribution >= 0.6 is 11.6 Å². The number of hydrogen-bond donors (Lipinski definition) is 1. The average molecular weight is 329 g/mol. The number of sulfone groups is 1. The van der Waals surface area contributed by atoms with Crippen molar-refractivity contribution < 1.29 is 22.7 Å². The molecule has 0 saturated heterocycles. The van der Waals surface area contributed by atoms with Crippen LogP contribution in [0.25, 0.3) is 0 Å². The van der Waals surface area contributed by atoms with E-state index in [1.807, 2.05) is 0 Å². The van der Waals surface area contributed by atoms with Gasteiger partial charge >= 0.3 is 5.97 Å². The molecule has 2 aromatic carbocycles. The Morgan fingerprint density at radius 2 is 1.76 bits per heavy atom. The maximum atomic E-state index is 13.6. The molecule has 0 atom stereocenters. The van der Waals surface area contributed by atoms with Crippen LogP contribution in [0.2, 0.25) is 5.02 Å². The van der Waals surface area contributed by atoms with E-state index < -0.39 is 27.4 Å². The first kappa shape index (κ1) is 15.5. The molecule has 21 heavy (non-hydrogen) atoms. The maximum Gasteiger partial charge on any atom is 0.335 e. The van der Waals surface area contributed by atoms with Gasteiger partial charge < -0.3 is 5.11 Å². The van der Waals surface area contributed by atoms with E-state index in [0.29, 0.717) is 0 Å². The van der Waals surface area contributed by atoms with Crippen LogP contribution in [-0.2, 0) is 15.6 Å². The molecular formula is C14H10ClFO4S. The third-order valence-corrected chi connectivity index (χ3v) is 4.87. The summed E-state index contributed by atoms with van der Waals surface area (Å²) in [4.78, 5) is 10.6. The first-order chi connectivity index (χ1) is 9.81. The first-order valence-electron chi connectivity index (χ1n) is 5.80. The third-order valence-electron chi connectivity index (χ3n) is 2.86. The molecule has 0 aliphatic heterocycles. The summed E-state index contributed by atoms with van der Waals surface area (Å²) in [6, 6.07) is 8.63. The summed E-state index contributed by atoms with van der Waals surface area (Å²) in [5, 5.41) is 8.80. The second-order valence-corrected chi connectivity index (χ2v) is 6.69. The smallest absolute Gasteiger partial charge is 0.335 e. The zero-order valence-corrected chi connectivity index (χ0v) is 12.2. The number of rotatable bonds is 4. The Kier molecular flexibility index (Phi) is 4.29. The van der Waals surface area contributed by atoms with Crippen molar-refractivity contribution in [3.05, 3.63) is 64.4 Å². The molecular weight excluding hydrogens is 319 g/mol. The Bertz CT molecular complexity index is 765. The highest BCUT2D eigenvalue weighted by Crippen LogP contribution is 2.24. The summed E-state index contributed by atoms with van der Waals surface area (Å²) in [5.41, 5.74) is -0.139. The topological polar surface area (TPSA) is 71.4 Å². The van der Waals surface area contributed by atoms with Gasteiger partial charge in [0.2, 0.25) is 0 Å². The van der Waals surface area contributed by atoms with Gasteiger partial charge in [-0.25, -0.2) is 17.6 Å². The van der Waals surface area contributed by atoms with Crippen LogP contribution < -0.4 is 0 Å². The van der Waals surface area contributed by atoms with Crippen molar-refractivity contribution in [1.29, 1.82) is 0 Å². The minimum absolute atomic E-state index is 0.0285. The maximum absolute atomic E-state index is 13.6. The van der Waals surface area contributed by atoms with Crippen LogP contribution in [0.1, 0.15) is 15.9 Å². The zero-order valence-electron chi connectivity index (χ0n) is 10.6. The highest BCUT2D eigenvalue weighted by atomic mass is 35.5. The molecule has 0 spiro atoms. The molecule has 4 nitrogen and oxygen atoms in total. The summed E-state index contributed by atoms with van der Waals surface area (Å²) >= 11 is 5.81. The Morgan fingerprint density at radius 1 is 1.14 bits per heavy atom. The van der Waals surface area contributed by atoms with Gasteiger partial charge in [0.15, 0.2) is 9.84 Å². The molecule has 1 N–H and O–H groups in total. The molecule has 0 aliphatic rings. The summed E-state index contributed by atoms with van der Waals surface area (Å²) in [6.45, 7) is 0. The lowest BCUT2D eigenvalue weighted by Gasteiger charge is -2.08. The summed E-state index contributed by atoms with van der Waals surface area (Å²) < 4.78 is 38.1. The lowest BCUT2D eigenvalue weighted by molar-refractivity contribution is 0.0696. The molecule has 0 heterocycles. The van der Waals surface area contributed by atoms with Crippen LogP contribution in [0, 0.1) is 5.82 Å². The van der Waals surface area contributed by atoms with Crippen molar-refractivity contribution in [2.24, 2.45) is 0 Å². The zero-order chi connectivity index (χ0) is 15.6. The largest absolute Gasteiger partial charge is 0.478 e. The molecule has 7 heteroatoms. The summed E-state index contributed by atoms with van der Waals surface area (Å²) in [6.07, 6.45) is 0. The molecule has 0 saturated carbocycles. The number of benzene rings is 2. The fourth-order valence-corrected chi connectivity index (χ4v) is 3.45. The quantitative estimate of drug-likeness (QED) is 0.935. The van der Waals surface area contributed by atoms with Gasteiger partial charge in [0.25, 0.3) is 0 Å². The van der Waals surface area contributed by atoms with Gasteiger partial charge in [-0.2, -0.15) is 0 Å². The number of aromatic carboxylic acids is 1. The normalized spacial score (nSPS) is 11.3. The van der Waals surface area contributed by atoms with E-state index in [1.165, 1.54) is 36.4 Å². The van der Waals surface area contributed by atoms with Gasteiger partial charge in [-0.1, -0.05) is 17.7 Å². The first-order valence-corrected chi connectivity index (χ1v) is 7.83. The lowest BCUT2D eigenvalue weighted by atomic mass is 10.2. The van der Waals surface area contributed by atoms with Gasteiger partial charge in [-0.3, -0.25) is 0 Å². The highest BCUT2D eigenvalue weighted by Gasteiger charge is 2.20. The number of carbonyl (C=O) groups is 1. The van der Waals surface area contributed by atoms with E-state index in [9.17, 15) is 17.6 Å². The summed E-state index contributed by atoms with van der Waals surface area (Å²) in [7, 11) is -3.82. The van der Waals surface area contributed by atoms with E-state index in [-0.39, 0.29) is 21.0 Å². The van der Waals surface area contributed by atoms with E-state index in [2.05, 4.69) is 0 Å². The second kappa shape index (κ2) is 5.83. The van der Waals surface area contributed by atoms with Crippen molar-refractivity contribution in [2.75, 3.05) is 0 Å². The molecule has 0 bridgehead atoms. The molecule has 0 fully saturated rings. The van der Waals surface area contributed by atoms with E-state index in [0.717, 1.165) is 6.07 Å². The van der Waals surface area contributed by atoms with Gasteiger partial charge in [0.1, 0.15) is 5.82 Å². The molecule has 110 valence electrons. The van der Waals surface area contributed by atoms with E-state index in [1.54, 1.807) is 0 Å². The SMILES string of the molecule is O=C(O)c1ccc(S(=O)(=O)Cc2c(F)cccc2Cl)cc1. The molecule has 0 aliphatic carbocycles. The van der Waals surface area contributed by atoms with Crippen molar-refractivity contribution in [3.8, 4) is 0 Å². The van der Waals surface area contributed by atoms with E-state index >= 15 is 0 Å². The standard InChI is InChI=1S/C14H10ClFO4S/c15-12-2-1-3-13(16)11(12)8-21(19,20)10-6-4-9(5-7-10)14(17)18/h1-7H,8H2,(H,17,18). The van der Waals surface area contributed by atoms with Crippen LogP contribution in [-0.4, -0.2) is 19.5 Å². The molecule has 0 aromatic heterocycles. The Labute approximate surface area is 125 Å². The fraction of sp³-hybridized carbons (Fsp3) is 0.0714. The number of carboxylic acids is 1. The summed E-state index contributed by atoms with van der Waals surface area (Å²) in [5.74, 6) is -2.45. The Balaban J connectivity index is 2.36. The molecule has 0 radical (unpaired) electrons. The molecule has 2 aromatic rings. The van der Waals surface area contributed by atoms with Crippen LogP contribution in [0.3, 0.4) is 0 Å². The Morgan fingerprint density at radius 3 is 2.29 bits per heavy atom. The average Bonchev–Trinajstić information content (AvgIpc) is 2.43. The second-order valence-electron chi connectivity index (χ2n) is 4.29. The fourth-order valence-electron chi connectivity index (χ4n) is 1.75. The lowest BCUT2D eigenvalue weighted by Crippen LogP contribution is -2.07. The van der Waals surface area contributed by atoms with Gasteiger partial charge in [-0.05, 0) is 36.4 Å². The molecule has 0 amide bonds. The molecule has 2 rings (SSSR count). The van der Waals surface area contributed by atoms with Crippen molar-refractivity contribution in [2.45, 2.75) is 10.6 Å². The van der Waals surface area contributed by atoms with E-state index in [4.69, 9.17) is 16.7 Å². The predicted molar refractivity (Wildman–Crippen MR) is 75.7 cm³/mol. The number of halogens is 2. The van der Waals surface area contributed by atoms with Gasteiger partial charge in [0, 0.05) is 10.6 Å². The van der Waals surface area contributed by atoms with Crippen molar-refractivity contribution in [1.82, 2.24) is 0 Å². The highest BCUT2D eigenvalue weighted by molar-refractivity contribution is 7.90. The van der Waals surface area contributed by atoms with Gasteiger partial charge in [-0.15, -0.1) is 0 Å². The van der Waals surface area contributed by atoms with Gasteiger partial charge in [0.05, 0.1) is 16.2 Å². The van der Waals surface area contributed by atoms with Crippen molar-refractivity contribution >= 4 is 27.4 Å². The minimum atomic E-state index is -3.82. The number of carboxylic acid groups (broad SMARTS) is 1. The minimum Gasteiger partial charge on any atom is -0.478 e. The third kappa shape index (κ3) is 3.40.